The molecular formula is C11H21NO4. The molecule has 0 heterocycles. The van der Waals surface area contributed by atoms with E-state index in [-0.39, 0.29) is 18.9 Å². The summed E-state index contributed by atoms with van der Waals surface area (Å²) < 4.78 is 0. The molecule has 0 spiro atoms. The van der Waals surface area contributed by atoms with Crippen LogP contribution >= 0.6 is 0 Å². The third kappa shape index (κ3) is 8.23. The number of rotatable bonds is 8. The highest BCUT2D eigenvalue weighted by Crippen LogP contribution is 2.08. The van der Waals surface area contributed by atoms with Gasteiger partial charge in [-0.25, -0.2) is 0 Å². The highest BCUT2D eigenvalue weighted by molar-refractivity contribution is 5.76. The molecule has 5 nitrogen and oxygen atoms in total. The summed E-state index contributed by atoms with van der Waals surface area (Å²) in [6.45, 7) is 3.73. The maximum Gasteiger partial charge on any atom is 0.303 e. The van der Waals surface area contributed by atoms with Gasteiger partial charge in [-0.2, -0.15) is 0 Å². The van der Waals surface area contributed by atoms with Crippen LogP contribution in [0.25, 0.3) is 0 Å². The van der Waals surface area contributed by atoms with Gasteiger partial charge in [-0.3, -0.25) is 9.59 Å². The third-order valence-corrected chi connectivity index (χ3v) is 2.26. The lowest BCUT2D eigenvalue weighted by Gasteiger charge is -2.25. The minimum absolute atomic E-state index is 0.0340. The second-order valence-electron chi connectivity index (χ2n) is 4.51. The Bertz CT molecular complexity index is 238. The Hall–Kier alpha value is -1.10. The van der Waals surface area contributed by atoms with Crippen LogP contribution in [0.2, 0.25) is 0 Å². The standard InChI is InChI=1S/C11H21NO4/c1-11(2,7-8-13)12-9(14)5-3-4-6-10(15)16/h13H,3-8H2,1-2H3,(H,12,14)(H,15,16). The number of carbonyl (C=O) groups is 2. The number of aliphatic hydroxyl groups excluding tert-OH is 1. The van der Waals surface area contributed by atoms with Gasteiger partial charge in [-0.1, -0.05) is 0 Å². The van der Waals surface area contributed by atoms with Gasteiger partial charge < -0.3 is 15.5 Å². The van der Waals surface area contributed by atoms with Crippen molar-refractivity contribution in [3.05, 3.63) is 0 Å². The molecular weight excluding hydrogens is 210 g/mol. The summed E-state index contributed by atoms with van der Waals surface area (Å²) >= 11 is 0. The molecule has 0 saturated carbocycles. The van der Waals surface area contributed by atoms with Gasteiger partial charge >= 0.3 is 5.97 Å². The lowest BCUT2D eigenvalue weighted by molar-refractivity contribution is -0.137. The van der Waals surface area contributed by atoms with Crippen molar-refractivity contribution in [3.8, 4) is 0 Å². The van der Waals surface area contributed by atoms with Crippen molar-refractivity contribution in [1.82, 2.24) is 5.32 Å². The largest absolute Gasteiger partial charge is 0.481 e. The van der Waals surface area contributed by atoms with Crippen LogP contribution in [0.4, 0.5) is 0 Å². The van der Waals surface area contributed by atoms with Crippen LogP contribution < -0.4 is 5.32 Å². The molecule has 5 heteroatoms. The zero-order valence-electron chi connectivity index (χ0n) is 9.95. The molecule has 0 unspecified atom stereocenters. The predicted molar refractivity (Wildman–Crippen MR) is 60.0 cm³/mol. The van der Waals surface area contributed by atoms with E-state index in [1.54, 1.807) is 0 Å². The monoisotopic (exact) mass is 231 g/mol. The first kappa shape index (κ1) is 14.9. The van der Waals surface area contributed by atoms with Gasteiger partial charge in [0.1, 0.15) is 0 Å². The zero-order valence-corrected chi connectivity index (χ0v) is 9.95. The van der Waals surface area contributed by atoms with Gasteiger partial charge in [0.2, 0.25) is 5.91 Å². The van der Waals surface area contributed by atoms with Crippen LogP contribution in [0, 0.1) is 0 Å². The summed E-state index contributed by atoms with van der Waals surface area (Å²) in [4.78, 5) is 21.7. The van der Waals surface area contributed by atoms with E-state index in [1.807, 2.05) is 13.8 Å². The van der Waals surface area contributed by atoms with E-state index >= 15 is 0 Å². The van der Waals surface area contributed by atoms with Crippen molar-refractivity contribution in [1.29, 1.82) is 0 Å². The van der Waals surface area contributed by atoms with Crippen LogP contribution in [0.3, 0.4) is 0 Å². The van der Waals surface area contributed by atoms with Gasteiger partial charge in [0, 0.05) is 25.0 Å². The molecule has 94 valence electrons. The minimum Gasteiger partial charge on any atom is -0.481 e. The number of aliphatic carboxylic acids is 1. The molecule has 0 bridgehead atoms. The molecule has 0 saturated heterocycles. The van der Waals surface area contributed by atoms with E-state index in [2.05, 4.69) is 5.32 Å². The van der Waals surface area contributed by atoms with Crippen molar-refractivity contribution in [2.45, 2.75) is 51.5 Å². The SMILES string of the molecule is CC(C)(CCO)NC(=O)CCCCC(=O)O. The Labute approximate surface area is 95.9 Å². The fourth-order valence-corrected chi connectivity index (χ4v) is 1.34. The van der Waals surface area contributed by atoms with Crippen LogP contribution in [0.15, 0.2) is 0 Å². The van der Waals surface area contributed by atoms with Crippen LogP contribution in [0.5, 0.6) is 0 Å². The quantitative estimate of drug-likeness (QED) is 0.542. The highest BCUT2D eigenvalue weighted by Gasteiger charge is 2.19. The van der Waals surface area contributed by atoms with E-state index in [1.165, 1.54) is 0 Å². The van der Waals surface area contributed by atoms with Crippen LogP contribution in [-0.2, 0) is 9.59 Å². The summed E-state index contributed by atoms with van der Waals surface area (Å²) in [7, 11) is 0. The molecule has 0 aromatic heterocycles. The van der Waals surface area contributed by atoms with Gasteiger partial charge in [0.25, 0.3) is 0 Å². The third-order valence-electron chi connectivity index (χ3n) is 2.26. The summed E-state index contributed by atoms with van der Waals surface area (Å²) in [5, 5.41) is 20.0. The first-order chi connectivity index (χ1) is 7.37. The van der Waals surface area contributed by atoms with Crippen LogP contribution in [0.1, 0.15) is 46.0 Å². The number of carboxylic acids is 1. The number of aliphatic hydroxyl groups is 1. The molecule has 0 fully saturated rings. The molecule has 0 atom stereocenters. The minimum atomic E-state index is -0.832. The molecule has 0 aliphatic rings. The molecule has 3 N–H and O–H groups in total. The topological polar surface area (TPSA) is 86.6 Å². The Morgan fingerprint density at radius 2 is 1.75 bits per heavy atom. The number of nitrogens with one attached hydrogen (secondary N) is 1. The fraction of sp³-hybridized carbons (Fsp3) is 0.818. The number of hydrogen-bond acceptors (Lipinski definition) is 3. The summed E-state index contributed by atoms with van der Waals surface area (Å²) in [5.74, 6) is -0.926. The number of carbonyl (C=O) groups excluding carboxylic acids is 1. The Morgan fingerprint density at radius 3 is 2.25 bits per heavy atom. The number of hydrogen-bond donors (Lipinski definition) is 3. The maximum absolute atomic E-state index is 11.4. The fourth-order valence-electron chi connectivity index (χ4n) is 1.34. The number of amides is 1. The average molecular weight is 231 g/mol. The summed E-state index contributed by atoms with van der Waals surface area (Å²) in [6.07, 6.45) is 2.04. The van der Waals surface area contributed by atoms with Crippen LogP contribution in [-0.4, -0.2) is 34.2 Å². The number of carboxylic acid groups (broad SMARTS) is 1. The van der Waals surface area contributed by atoms with E-state index in [0.717, 1.165) is 0 Å². The smallest absolute Gasteiger partial charge is 0.303 e. The molecule has 0 aromatic carbocycles. The van der Waals surface area contributed by atoms with Gasteiger partial charge in [-0.05, 0) is 33.1 Å². The van der Waals surface area contributed by atoms with Crippen molar-refractivity contribution >= 4 is 11.9 Å². The van der Waals surface area contributed by atoms with Crippen molar-refractivity contribution < 1.29 is 19.8 Å². The maximum atomic E-state index is 11.4. The Balaban J connectivity index is 3.69. The van der Waals surface area contributed by atoms with Crippen molar-refractivity contribution in [2.24, 2.45) is 0 Å². The van der Waals surface area contributed by atoms with Crippen molar-refractivity contribution in [2.75, 3.05) is 6.61 Å². The average Bonchev–Trinajstić information content (AvgIpc) is 2.11. The first-order valence-electron chi connectivity index (χ1n) is 5.51. The molecule has 0 aliphatic carbocycles. The summed E-state index contributed by atoms with van der Waals surface area (Å²) in [6, 6.07) is 0. The normalized spacial score (nSPS) is 11.2. The lowest BCUT2D eigenvalue weighted by atomic mass is 10.0. The van der Waals surface area contributed by atoms with E-state index in [9.17, 15) is 9.59 Å². The Kier molecular flexibility index (Phi) is 6.72. The highest BCUT2D eigenvalue weighted by atomic mass is 16.4. The van der Waals surface area contributed by atoms with Gasteiger partial charge in [0.15, 0.2) is 0 Å². The second kappa shape index (κ2) is 7.22. The predicted octanol–water partition coefficient (Wildman–Crippen LogP) is 0.909. The van der Waals surface area contributed by atoms with E-state index < -0.39 is 11.5 Å². The second-order valence-corrected chi connectivity index (χ2v) is 4.51. The first-order valence-corrected chi connectivity index (χ1v) is 5.51. The molecule has 0 aromatic rings. The van der Waals surface area contributed by atoms with E-state index in [4.69, 9.17) is 10.2 Å². The summed E-state index contributed by atoms with van der Waals surface area (Å²) in [5.41, 5.74) is -0.404. The molecule has 0 rings (SSSR count). The molecule has 0 aliphatic heterocycles. The van der Waals surface area contributed by atoms with E-state index in [0.29, 0.717) is 25.7 Å². The zero-order chi connectivity index (χ0) is 12.6. The molecule has 0 radical (unpaired) electrons. The molecule has 1 amide bonds. The molecule has 16 heavy (non-hydrogen) atoms. The van der Waals surface area contributed by atoms with Gasteiger partial charge in [-0.15, -0.1) is 0 Å². The van der Waals surface area contributed by atoms with Gasteiger partial charge in [0.05, 0.1) is 0 Å². The Morgan fingerprint density at radius 1 is 1.19 bits per heavy atom. The van der Waals surface area contributed by atoms with Crippen molar-refractivity contribution in [3.63, 3.8) is 0 Å². The lowest BCUT2D eigenvalue weighted by Crippen LogP contribution is -2.43. The number of unbranched alkanes of at least 4 members (excludes halogenated alkanes) is 1.